The summed E-state index contributed by atoms with van der Waals surface area (Å²) in [7, 11) is 0. The van der Waals surface area contributed by atoms with E-state index in [0.29, 0.717) is 5.41 Å². The summed E-state index contributed by atoms with van der Waals surface area (Å²) in [5, 5.41) is 1.39. The summed E-state index contributed by atoms with van der Waals surface area (Å²) in [5.74, 6) is 0. The quantitative estimate of drug-likeness (QED) is 0.744. The fraction of sp³-hybridized carbons (Fsp3) is 0.471. The van der Waals surface area contributed by atoms with Crippen LogP contribution in [-0.2, 0) is 11.8 Å². The Morgan fingerprint density at radius 2 is 1.94 bits per heavy atom. The first kappa shape index (κ1) is 11.7. The average Bonchev–Trinajstić information content (AvgIpc) is 2.46. The van der Waals surface area contributed by atoms with Crippen molar-refractivity contribution in [1.82, 2.24) is 4.98 Å². The average molecular weight is 239 g/mol. The van der Waals surface area contributed by atoms with E-state index in [-0.39, 0.29) is 0 Å². The lowest BCUT2D eigenvalue weighted by atomic mass is 9.66. The summed E-state index contributed by atoms with van der Waals surface area (Å²) >= 11 is 0. The summed E-state index contributed by atoms with van der Waals surface area (Å²) in [4.78, 5) is 4.63. The van der Waals surface area contributed by atoms with Crippen LogP contribution in [0.3, 0.4) is 0 Å². The molecule has 1 nitrogen and oxygen atoms in total. The second-order valence-corrected chi connectivity index (χ2v) is 5.52. The van der Waals surface area contributed by atoms with E-state index >= 15 is 0 Å². The van der Waals surface area contributed by atoms with Crippen molar-refractivity contribution in [2.24, 2.45) is 0 Å². The Labute approximate surface area is 109 Å². The van der Waals surface area contributed by atoms with Crippen molar-refractivity contribution in [3.05, 3.63) is 41.6 Å². The second-order valence-electron chi connectivity index (χ2n) is 5.52. The van der Waals surface area contributed by atoms with Gasteiger partial charge in [0.05, 0.1) is 5.52 Å². The number of rotatable bonds is 2. The molecular formula is C17H21N. The van der Waals surface area contributed by atoms with Crippen LogP contribution in [0.15, 0.2) is 30.5 Å². The third kappa shape index (κ3) is 1.57. The van der Waals surface area contributed by atoms with Gasteiger partial charge in [-0.25, -0.2) is 0 Å². The number of fused-ring (bicyclic) bond motifs is 3. The number of aryl methyl sites for hydroxylation is 1. The lowest BCUT2D eigenvalue weighted by molar-refractivity contribution is 0.338. The first-order chi connectivity index (χ1) is 8.80. The van der Waals surface area contributed by atoms with Crippen molar-refractivity contribution in [2.75, 3.05) is 0 Å². The molecule has 0 saturated heterocycles. The first-order valence-electron chi connectivity index (χ1n) is 7.18. The van der Waals surface area contributed by atoms with E-state index in [2.05, 4.69) is 49.3 Å². The van der Waals surface area contributed by atoms with Gasteiger partial charge in [-0.2, -0.15) is 0 Å². The molecule has 0 unspecified atom stereocenters. The molecule has 1 aromatic carbocycles. The fourth-order valence-electron chi connectivity index (χ4n) is 3.70. The smallest absolute Gasteiger partial charge is 0.0705 e. The van der Waals surface area contributed by atoms with Crippen LogP contribution in [0.5, 0.6) is 0 Å². The number of hydrogen-bond acceptors (Lipinski definition) is 1. The second kappa shape index (κ2) is 4.38. The molecule has 1 aromatic heterocycles. The largest absolute Gasteiger partial charge is 0.256 e. The van der Waals surface area contributed by atoms with Gasteiger partial charge < -0.3 is 0 Å². The summed E-state index contributed by atoms with van der Waals surface area (Å²) in [6.45, 7) is 4.68. The van der Waals surface area contributed by atoms with Crippen molar-refractivity contribution < 1.29 is 0 Å². The van der Waals surface area contributed by atoms with Gasteiger partial charge in [0, 0.05) is 11.6 Å². The highest BCUT2D eigenvalue weighted by atomic mass is 14.7. The van der Waals surface area contributed by atoms with E-state index in [0.717, 1.165) is 5.52 Å². The number of para-hydroxylation sites is 1. The lowest BCUT2D eigenvalue weighted by Crippen LogP contribution is -2.30. The highest BCUT2D eigenvalue weighted by molar-refractivity contribution is 5.84. The zero-order valence-electron chi connectivity index (χ0n) is 11.4. The third-order valence-corrected chi connectivity index (χ3v) is 4.84. The van der Waals surface area contributed by atoms with E-state index in [1.807, 2.05) is 0 Å². The van der Waals surface area contributed by atoms with E-state index in [9.17, 15) is 0 Å². The molecule has 0 atom stereocenters. The summed E-state index contributed by atoms with van der Waals surface area (Å²) in [6, 6.07) is 8.63. The highest BCUT2D eigenvalue weighted by Crippen LogP contribution is 2.45. The monoisotopic (exact) mass is 239 g/mol. The summed E-state index contributed by atoms with van der Waals surface area (Å²) in [6.07, 6.45) is 8.45. The molecule has 1 aliphatic carbocycles. The predicted octanol–water partition coefficient (Wildman–Crippen LogP) is 4.63. The number of hydrogen-bond donors (Lipinski definition) is 0. The Morgan fingerprint density at radius 1 is 1.17 bits per heavy atom. The topological polar surface area (TPSA) is 12.9 Å². The van der Waals surface area contributed by atoms with Crippen LogP contribution in [0.25, 0.3) is 10.9 Å². The van der Waals surface area contributed by atoms with Crippen LogP contribution < -0.4 is 0 Å². The van der Waals surface area contributed by atoms with Gasteiger partial charge in [-0.05, 0) is 54.7 Å². The predicted molar refractivity (Wildman–Crippen MR) is 76.9 cm³/mol. The Bertz CT molecular complexity index is 567. The van der Waals surface area contributed by atoms with Crippen molar-refractivity contribution in [1.29, 1.82) is 0 Å². The van der Waals surface area contributed by atoms with E-state index in [4.69, 9.17) is 0 Å². The number of aromatic nitrogens is 1. The van der Waals surface area contributed by atoms with Gasteiger partial charge in [0.1, 0.15) is 0 Å². The van der Waals surface area contributed by atoms with Gasteiger partial charge >= 0.3 is 0 Å². The molecule has 18 heavy (non-hydrogen) atoms. The van der Waals surface area contributed by atoms with Gasteiger partial charge in [0.15, 0.2) is 0 Å². The molecule has 1 heteroatoms. The minimum absolute atomic E-state index is 0.385. The Kier molecular flexibility index (Phi) is 2.85. The van der Waals surface area contributed by atoms with E-state index in [1.165, 1.54) is 43.1 Å². The zero-order chi connectivity index (χ0) is 12.6. The van der Waals surface area contributed by atoms with Crippen LogP contribution in [0.1, 0.15) is 50.7 Å². The van der Waals surface area contributed by atoms with E-state index in [1.54, 1.807) is 5.56 Å². The molecule has 94 valence electrons. The minimum Gasteiger partial charge on any atom is -0.256 e. The fourth-order valence-corrected chi connectivity index (χ4v) is 3.70. The molecule has 0 N–H and O–H groups in total. The number of benzene rings is 1. The van der Waals surface area contributed by atoms with Gasteiger partial charge in [-0.1, -0.05) is 32.0 Å². The molecule has 1 aliphatic rings. The third-order valence-electron chi connectivity index (χ3n) is 4.84. The molecule has 1 heterocycles. The van der Waals surface area contributed by atoms with Crippen LogP contribution in [-0.4, -0.2) is 4.98 Å². The van der Waals surface area contributed by atoms with Crippen LogP contribution in [0.2, 0.25) is 0 Å². The maximum atomic E-state index is 4.63. The lowest BCUT2D eigenvalue weighted by Gasteiger charge is -2.38. The number of nitrogens with zero attached hydrogens (tertiary/aromatic N) is 1. The van der Waals surface area contributed by atoms with Gasteiger partial charge in [-0.15, -0.1) is 0 Å². The molecule has 0 fully saturated rings. The van der Waals surface area contributed by atoms with Crippen LogP contribution in [0, 0.1) is 0 Å². The van der Waals surface area contributed by atoms with Crippen molar-refractivity contribution in [2.45, 2.75) is 51.4 Å². The molecule has 0 bridgehead atoms. The molecule has 0 amide bonds. The van der Waals surface area contributed by atoms with Crippen molar-refractivity contribution >= 4 is 10.9 Å². The minimum atomic E-state index is 0.385. The molecule has 0 aliphatic heterocycles. The van der Waals surface area contributed by atoms with Crippen molar-refractivity contribution in [3.8, 4) is 0 Å². The van der Waals surface area contributed by atoms with Crippen LogP contribution in [0.4, 0.5) is 0 Å². The SMILES string of the molecule is CCC1(CC)CCCc2cnc3ccccc3c21. The first-order valence-corrected chi connectivity index (χ1v) is 7.18. The van der Waals surface area contributed by atoms with Gasteiger partial charge in [-0.3, -0.25) is 4.98 Å². The van der Waals surface area contributed by atoms with Crippen molar-refractivity contribution in [3.63, 3.8) is 0 Å². The Morgan fingerprint density at radius 3 is 2.72 bits per heavy atom. The molecule has 3 rings (SSSR count). The van der Waals surface area contributed by atoms with Gasteiger partial charge in [0.2, 0.25) is 0 Å². The highest BCUT2D eigenvalue weighted by Gasteiger charge is 2.34. The Hall–Kier alpha value is -1.37. The molecular weight excluding hydrogens is 218 g/mol. The maximum absolute atomic E-state index is 4.63. The van der Waals surface area contributed by atoms with E-state index < -0.39 is 0 Å². The molecule has 2 aromatic rings. The summed E-state index contributed by atoms with van der Waals surface area (Å²) < 4.78 is 0. The molecule has 0 radical (unpaired) electrons. The number of pyridine rings is 1. The zero-order valence-corrected chi connectivity index (χ0v) is 11.4. The maximum Gasteiger partial charge on any atom is 0.0705 e. The van der Waals surface area contributed by atoms with Gasteiger partial charge in [0.25, 0.3) is 0 Å². The Balaban J connectivity index is 2.34. The molecule has 0 saturated carbocycles. The summed E-state index contributed by atoms with van der Waals surface area (Å²) in [5.41, 5.74) is 4.63. The standard InChI is InChI=1S/C17H21N/c1-3-17(4-2)11-7-8-13-12-18-15-10-6-5-9-14(15)16(13)17/h5-6,9-10,12H,3-4,7-8,11H2,1-2H3. The van der Waals surface area contributed by atoms with Crippen LogP contribution >= 0.6 is 0 Å². The molecule has 0 spiro atoms. The normalized spacial score (nSPS) is 17.7.